The highest BCUT2D eigenvalue weighted by molar-refractivity contribution is 5.89. The van der Waals surface area contributed by atoms with Gasteiger partial charge in [0, 0.05) is 24.8 Å². The predicted molar refractivity (Wildman–Crippen MR) is 78.1 cm³/mol. The minimum absolute atomic E-state index is 0.545. The molecule has 1 aromatic carbocycles. The Morgan fingerprint density at radius 2 is 2.05 bits per heavy atom. The lowest BCUT2D eigenvalue weighted by Crippen LogP contribution is -2.41. The Balaban J connectivity index is 1.80. The zero-order chi connectivity index (χ0) is 13.2. The van der Waals surface area contributed by atoms with Gasteiger partial charge in [-0.3, -0.25) is 0 Å². The van der Waals surface area contributed by atoms with Crippen LogP contribution in [0.1, 0.15) is 32.1 Å². The van der Waals surface area contributed by atoms with Gasteiger partial charge in [-0.25, -0.2) is 4.99 Å². The first kappa shape index (κ1) is 12.3. The molecule has 0 radical (unpaired) electrons. The van der Waals surface area contributed by atoms with Crippen LogP contribution in [0.25, 0.3) is 0 Å². The second kappa shape index (κ2) is 5.11. The Morgan fingerprint density at radius 1 is 1.26 bits per heavy atom. The molecule has 0 atom stereocenters. The molecular formula is C15H21N3O. The molecule has 3 rings (SSSR count). The monoisotopic (exact) mass is 259 g/mol. The fourth-order valence-corrected chi connectivity index (χ4v) is 2.91. The number of ether oxygens (including phenoxy) is 1. The topological polar surface area (TPSA) is 50.8 Å². The van der Waals surface area contributed by atoms with E-state index in [1.807, 2.05) is 18.2 Å². The van der Waals surface area contributed by atoms with E-state index in [9.17, 15) is 0 Å². The minimum atomic E-state index is 0.545. The largest absolute Gasteiger partial charge is 0.483 e. The van der Waals surface area contributed by atoms with Gasteiger partial charge in [-0.15, -0.1) is 0 Å². The number of fused-ring (bicyclic) bond motifs is 1. The van der Waals surface area contributed by atoms with Gasteiger partial charge in [0.25, 0.3) is 0 Å². The highest BCUT2D eigenvalue weighted by atomic mass is 16.5. The SMILES string of the molecule is CN(C1=Nc2ccc(N)cc2OC1)C1CCCCC1. The summed E-state index contributed by atoms with van der Waals surface area (Å²) in [5.41, 5.74) is 7.36. The summed E-state index contributed by atoms with van der Waals surface area (Å²) in [6.45, 7) is 0.545. The third kappa shape index (κ3) is 2.53. The average Bonchev–Trinajstić information content (AvgIpc) is 2.47. The molecule has 0 aromatic heterocycles. The quantitative estimate of drug-likeness (QED) is 0.789. The van der Waals surface area contributed by atoms with E-state index in [-0.39, 0.29) is 0 Å². The van der Waals surface area contributed by atoms with Crippen LogP contribution < -0.4 is 10.5 Å². The zero-order valence-electron chi connectivity index (χ0n) is 11.4. The third-order valence-electron chi connectivity index (χ3n) is 4.12. The maximum absolute atomic E-state index is 5.78. The number of hydrogen-bond donors (Lipinski definition) is 1. The number of nitrogens with zero attached hydrogens (tertiary/aromatic N) is 2. The van der Waals surface area contributed by atoms with Crippen LogP contribution in [0, 0.1) is 0 Å². The molecule has 0 unspecified atom stereocenters. The molecule has 4 nitrogen and oxygen atoms in total. The molecule has 1 fully saturated rings. The number of amidine groups is 1. The van der Waals surface area contributed by atoms with Crippen molar-refractivity contribution in [3.05, 3.63) is 18.2 Å². The lowest BCUT2D eigenvalue weighted by molar-refractivity contribution is 0.257. The highest BCUT2D eigenvalue weighted by Gasteiger charge is 2.23. The van der Waals surface area contributed by atoms with Gasteiger partial charge in [-0.05, 0) is 25.0 Å². The molecule has 1 heterocycles. The van der Waals surface area contributed by atoms with Gasteiger partial charge in [0.2, 0.25) is 0 Å². The molecule has 102 valence electrons. The molecule has 19 heavy (non-hydrogen) atoms. The van der Waals surface area contributed by atoms with Crippen molar-refractivity contribution in [1.29, 1.82) is 0 Å². The molecule has 4 heteroatoms. The van der Waals surface area contributed by atoms with Crippen LogP contribution in [0.4, 0.5) is 11.4 Å². The van der Waals surface area contributed by atoms with Crippen molar-refractivity contribution >= 4 is 17.2 Å². The lowest BCUT2D eigenvalue weighted by Gasteiger charge is -2.34. The smallest absolute Gasteiger partial charge is 0.147 e. The van der Waals surface area contributed by atoms with Crippen LogP contribution in [0.3, 0.4) is 0 Å². The number of nitrogen functional groups attached to an aromatic ring is 1. The van der Waals surface area contributed by atoms with E-state index in [4.69, 9.17) is 15.5 Å². The number of nitrogens with two attached hydrogens (primary N) is 1. The van der Waals surface area contributed by atoms with Crippen LogP contribution in [-0.2, 0) is 0 Å². The molecule has 1 saturated carbocycles. The second-order valence-electron chi connectivity index (χ2n) is 5.45. The van der Waals surface area contributed by atoms with Crippen molar-refractivity contribution in [2.24, 2.45) is 4.99 Å². The first-order chi connectivity index (χ1) is 9.24. The maximum atomic E-state index is 5.78. The summed E-state index contributed by atoms with van der Waals surface area (Å²) in [5, 5.41) is 0. The minimum Gasteiger partial charge on any atom is -0.483 e. The molecule has 2 N–H and O–H groups in total. The Labute approximate surface area is 114 Å². The van der Waals surface area contributed by atoms with Crippen LogP contribution in [0.2, 0.25) is 0 Å². The molecule has 2 aliphatic rings. The predicted octanol–water partition coefficient (Wildman–Crippen LogP) is 2.96. The van der Waals surface area contributed by atoms with Gasteiger partial charge >= 0.3 is 0 Å². The number of anilines is 1. The van der Waals surface area contributed by atoms with Crippen molar-refractivity contribution in [2.75, 3.05) is 19.4 Å². The number of aliphatic imine (C=N–C) groups is 1. The van der Waals surface area contributed by atoms with E-state index >= 15 is 0 Å². The normalized spacial score (nSPS) is 19.3. The average molecular weight is 259 g/mol. The van der Waals surface area contributed by atoms with Crippen LogP contribution >= 0.6 is 0 Å². The molecule has 0 spiro atoms. The van der Waals surface area contributed by atoms with Crippen LogP contribution in [0.15, 0.2) is 23.2 Å². The van der Waals surface area contributed by atoms with E-state index in [0.29, 0.717) is 12.6 Å². The summed E-state index contributed by atoms with van der Waals surface area (Å²) < 4.78 is 5.78. The second-order valence-corrected chi connectivity index (χ2v) is 5.45. The standard InChI is InChI=1S/C15H21N3O/c1-18(12-5-3-2-4-6-12)15-10-19-14-9-11(16)7-8-13(14)17-15/h7-9,12H,2-6,10,16H2,1H3. The van der Waals surface area contributed by atoms with E-state index in [1.54, 1.807) is 0 Å². The van der Waals surface area contributed by atoms with Crippen molar-refractivity contribution in [3.63, 3.8) is 0 Å². The zero-order valence-corrected chi connectivity index (χ0v) is 11.4. The van der Waals surface area contributed by atoms with Gasteiger partial charge in [-0.2, -0.15) is 0 Å². The number of rotatable bonds is 1. The van der Waals surface area contributed by atoms with E-state index in [1.165, 1.54) is 32.1 Å². The Morgan fingerprint density at radius 3 is 2.84 bits per heavy atom. The van der Waals surface area contributed by atoms with Crippen LogP contribution in [0.5, 0.6) is 5.75 Å². The Hall–Kier alpha value is -1.71. The number of likely N-dealkylation sites (N-methyl/N-ethyl adjacent to an activating group) is 1. The van der Waals surface area contributed by atoms with Crippen molar-refractivity contribution in [1.82, 2.24) is 4.90 Å². The van der Waals surface area contributed by atoms with Gasteiger partial charge in [-0.1, -0.05) is 19.3 Å². The summed E-state index contributed by atoms with van der Waals surface area (Å²) in [6.07, 6.45) is 6.57. The van der Waals surface area contributed by atoms with E-state index in [0.717, 1.165) is 23.0 Å². The third-order valence-corrected chi connectivity index (χ3v) is 4.12. The fraction of sp³-hybridized carbons (Fsp3) is 0.533. The fourth-order valence-electron chi connectivity index (χ4n) is 2.91. The Kier molecular flexibility index (Phi) is 3.32. The van der Waals surface area contributed by atoms with Crippen LogP contribution in [-0.4, -0.2) is 30.4 Å². The molecule has 0 amide bonds. The highest BCUT2D eigenvalue weighted by Crippen LogP contribution is 2.33. The van der Waals surface area contributed by atoms with Crippen molar-refractivity contribution < 1.29 is 4.74 Å². The molecule has 1 aliphatic carbocycles. The van der Waals surface area contributed by atoms with E-state index in [2.05, 4.69) is 11.9 Å². The molecule has 1 aromatic rings. The summed E-state index contributed by atoms with van der Waals surface area (Å²) in [7, 11) is 2.14. The first-order valence-corrected chi connectivity index (χ1v) is 7.07. The van der Waals surface area contributed by atoms with Gasteiger partial charge < -0.3 is 15.4 Å². The molecule has 1 aliphatic heterocycles. The Bertz CT molecular complexity index is 492. The first-order valence-electron chi connectivity index (χ1n) is 7.07. The summed E-state index contributed by atoms with van der Waals surface area (Å²) >= 11 is 0. The molecule has 0 bridgehead atoms. The maximum Gasteiger partial charge on any atom is 0.147 e. The summed E-state index contributed by atoms with van der Waals surface area (Å²) in [4.78, 5) is 7.03. The molecular weight excluding hydrogens is 238 g/mol. The molecule has 0 saturated heterocycles. The number of hydrogen-bond acceptors (Lipinski definition) is 4. The van der Waals surface area contributed by atoms with Gasteiger partial charge in [0.1, 0.15) is 23.9 Å². The lowest BCUT2D eigenvalue weighted by atomic mass is 9.94. The number of benzene rings is 1. The summed E-state index contributed by atoms with van der Waals surface area (Å²) in [6, 6.07) is 6.26. The summed E-state index contributed by atoms with van der Waals surface area (Å²) in [5.74, 6) is 1.82. The van der Waals surface area contributed by atoms with Gasteiger partial charge in [0.15, 0.2) is 0 Å². The van der Waals surface area contributed by atoms with E-state index < -0.39 is 0 Å². The van der Waals surface area contributed by atoms with Crippen molar-refractivity contribution in [2.45, 2.75) is 38.1 Å². The van der Waals surface area contributed by atoms with Gasteiger partial charge in [0.05, 0.1) is 0 Å². The van der Waals surface area contributed by atoms with Crippen molar-refractivity contribution in [3.8, 4) is 5.75 Å².